The Hall–Kier alpha value is -2.29. The van der Waals surface area contributed by atoms with Gasteiger partial charge in [-0.3, -0.25) is 0 Å². The van der Waals surface area contributed by atoms with Crippen LogP contribution in [0.15, 0.2) is 55.0 Å². The molecular weight excluding hydrogens is 258 g/mol. The summed E-state index contributed by atoms with van der Waals surface area (Å²) in [6.45, 7) is 6.55. The van der Waals surface area contributed by atoms with Crippen LogP contribution in [-0.4, -0.2) is 18.1 Å². The van der Waals surface area contributed by atoms with Crippen LogP contribution in [0.25, 0.3) is 5.69 Å². The van der Waals surface area contributed by atoms with E-state index in [1.165, 1.54) is 22.6 Å². The third kappa shape index (κ3) is 2.29. The molecule has 0 unspecified atom stereocenters. The fraction of sp³-hybridized carbons (Fsp3) is 0.278. The molecule has 3 nitrogen and oxygen atoms in total. The maximum absolute atomic E-state index is 2.32. The zero-order chi connectivity index (χ0) is 15.0. The summed E-state index contributed by atoms with van der Waals surface area (Å²) in [7, 11) is 2.11. The minimum Gasteiger partial charge on any atom is -0.359 e. The molecule has 0 saturated heterocycles. The molecule has 0 aliphatic carbocycles. The standard InChI is InChI=1S/C18H22N3/c1-14-8-5-6-11-20(14)17-9-7-10-18(15(17)2)21-13-12-19(4)16(21)3/h5-13,16H,1-4H3/q+1/t16-/m1/s1. The Balaban J connectivity index is 2.08. The molecule has 1 aliphatic heterocycles. The Morgan fingerprint density at radius 1 is 1.00 bits per heavy atom. The number of aromatic nitrogens is 1. The summed E-state index contributed by atoms with van der Waals surface area (Å²) in [6, 6.07) is 12.8. The summed E-state index contributed by atoms with van der Waals surface area (Å²) in [5.74, 6) is 0. The zero-order valence-electron chi connectivity index (χ0n) is 13.1. The number of pyridine rings is 1. The van der Waals surface area contributed by atoms with Gasteiger partial charge in [-0.05, 0) is 19.9 Å². The van der Waals surface area contributed by atoms with Crippen LogP contribution in [0.3, 0.4) is 0 Å². The lowest BCUT2D eigenvalue weighted by molar-refractivity contribution is -0.603. The van der Waals surface area contributed by atoms with Gasteiger partial charge in [-0.1, -0.05) is 12.1 Å². The Bertz CT molecular complexity index is 691. The van der Waals surface area contributed by atoms with Crippen molar-refractivity contribution >= 4 is 5.69 Å². The zero-order valence-corrected chi connectivity index (χ0v) is 13.1. The predicted molar refractivity (Wildman–Crippen MR) is 86.3 cm³/mol. The lowest BCUT2D eigenvalue weighted by atomic mass is 10.1. The highest BCUT2D eigenvalue weighted by atomic mass is 15.4. The van der Waals surface area contributed by atoms with Gasteiger partial charge in [-0.25, -0.2) is 0 Å². The van der Waals surface area contributed by atoms with Gasteiger partial charge in [0.05, 0.1) is 5.69 Å². The lowest BCUT2D eigenvalue weighted by Crippen LogP contribution is -2.37. The van der Waals surface area contributed by atoms with Gasteiger partial charge in [0, 0.05) is 50.1 Å². The number of hydrogen-bond donors (Lipinski definition) is 0. The van der Waals surface area contributed by atoms with Crippen molar-refractivity contribution < 1.29 is 4.57 Å². The highest BCUT2D eigenvalue weighted by Crippen LogP contribution is 2.28. The molecule has 21 heavy (non-hydrogen) atoms. The topological polar surface area (TPSA) is 10.4 Å². The van der Waals surface area contributed by atoms with Gasteiger partial charge in [-0.15, -0.1) is 0 Å². The van der Waals surface area contributed by atoms with Crippen molar-refractivity contribution in [1.29, 1.82) is 0 Å². The first kappa shape index (κ1) is 13.7. The fourth-order valence-corrected chi connectivity index (χ4v) is 2.85. The summed E-state index contributed by atoms with van der Waals surface area (Å²) in [4.78, 5) is 4.53. The van der Waals surface area contributed by atoms with Crippen molar-refractivity contribution in [2.45, 2.75) is 26.9 Å². The van der Waals surface area contributed by atoms with Crippen LogP contribution in [0, 0.1) is 13.8 Å². The van der Waals surface area contributed by atoms with Crippen LogP contribution >= 0.6 is 0 Å². The average molecular weight is 280 g/mol. The van der Waals surface area contributed by atoms with Crippen molar-refractivity contribution in [2.75, 3.05) is 11.9 Å². The SMILES string of the molecule is Cc1c(N2C=CN(C)[C@H]2C)cccc1-[n+]1ccccc1C. The van der Waals surface area contributed by atoms with Crippen LogP contribution in [0.1, 0.15) is 18.2 Å². The van der Waals surface area contributed by atoms with E-state index in [-0.39, 0.29) is 0 Å². The molecule has 0 amide bonds. The monoisotopic (exact) mass is 280 g/mol. The summed E-state index contributed by atoms with van der Waals surface area (Å²) >= 11 is 0. The molecule has 1 atom stereocenters. The van der Waals surface area contributed by atoms with Gasteiger partial charge in [-0.2, -0.15) is 4.57 Å². The first-order valence-corrected chi connectivity index (χ1v) is 7.35. The van der Waals surface area contributed by atoms with Gasteiger partial charge in [0.25, 0.3) is 0 Å². The Morgan fingerprint density at radius 2 is 1.81 bits per heavy atom. The molecule has 2 aromatic rings. The summed E-state index contributed by atoms with van der Waals surface area (Å²) in [6.07, 6.45) is 6.74. The molecule has 0 bridgehead atoms. The maximum Gasteiger partial charge on any atom is 0.215 e. The number of nitrogens with zero attached hydrogens (tertiary/aromatic N) is 3. The molecule has 0 N–H and O–H groups in total. The normalized spacial score (nSPS) is 17.6. The number of hydrogen-bond acceptors (Lipinski definition) is 2. The number of rotatable bonds is 2. The van der Waals surface area contributed by atoms with Gasteiger partial charge >= 0.3 is 0 Å². The molecule has 0 spiro atoms. The molecule has 0 fully saturated rings. The molecule has 0 radical (unpaired) electrons. The fourth-order valence-electron chi connectivity index (χ4n) is 2.85. The van der Waals surface area contributed by atoms with E-state index in [1.54, 1.807) is 0 Å². The van der Waals surface area contributed by atoms with E-state index in [0.29, 0.717) is 6.17 Å². The number of anilines is 1. The van der Waals surface area contributed by atoms with Gasteiger partial charge in [0.15, 0.2) is 11.9 Å². The van der Waals surface area contributed by atoms with Crippen molar-refractivity contribution in [3.05, 3.63) is 66.3 Å². The second kappa shape index (κ2) is 5.24. The third-order valence-corrected chi connectivity index (χ3v) is 4.33. The first-order chi connectivity index (χ1) is 10.1. The van der Waals surface area contributed by atoms with E-state index in [0.717, 1.165) is 0 Å². The quantitative estimate of drug-likeness (QED) is 0.782. The molecule has 1 aromatic carbocycles. The highest BCUT2D eigenvalue weighted by Gasteiger charge is 2.24. The smallest absolute Gasteiger partial charge is 0.215 e. The van der Waals surface area contributed by atoms with Gasteiger partial charge in [0.1, 0.15) is 6.17 Å². The average Bonchev–Trinajstić information content (AvgIpc) is 2.80. The van der Waals surface area contributed by atoms with E-state index >= 15 is 0 Å². The molecular formula is C18H22N3+. The second-order valence-electron chi connectivity index (χ2n) is 5.64. The van der Waals surface area contributed by atoms with Crippen LogP contribution in [0.4, 0.5) is 5.69 Å². The van der Waals surface area contributed by atoms with Crippen LogP contribution in [-0.2, 0) is 0 Å². The van der Waals surface area contributed by atoms with Crippen LogP contribution in [0.2, 0.25) is 0 Å². The minimum absolute atomic E-state index is 0.348. The van der Waals surface area contributed by atoms with E-state index in [4.69, 9.17) is 0 Å². The summed E-state index contributed by atoms with van der Waals surface area (Å²) in [5, 5.41) is 0. The van der Waals surface area contributed by atoms with Crippen molar-refractivity contribution in [2.24, 2.45) is 0 Å². The van der Waals surface area contributed by atoms with Crippen molar-refractivity contribution in [1.82, 2.24) is 4.90 Å². The van der Waals surface area contributed by atoms with E-state index in [2.05, 4.69) is 97.2 Å². The second-order valence-corrected chi connectivity index (χ2v) is 5.64. The van der Waals surface area contributed by atoms with Crippen molar-refractivity contribution in [3.8, 4) is 5.69 Å². The lowest BCUT2D eigenvalue weighted by Gasteiger charge is -2.28. The van der Waals surface area contributed by atoms with E-state index in [1.807, 2.05) is 0 Å². The Morgan fingerprint density at radius 3 is 2.48 bits per heavy atom. The predicted octanol–water partition coefficient (Wildman–Crippen LogP) is 3.15. The van der Waals surface area contributed by atoms with Gasteiger partial charge < -0.3 is 9.80 Å². The Labute approximate surface area is 126 Å². The van der Waals surface area contributed by atoms with Crippen molar-refractivity contribution in [3.63, 3.8) is 0 Å². The largest absolute Gasteiger partial charge is 0.359 e. The minimum atomic E-state index is 0.348. The summed E-state index contributed by atoms with van der Waals surface area (Å²) < 4.78 is 2.24. The summed E-state index contributed by atoms with van der Waals surface area (Å²) in [5.41, 5.74) is 5.03. The van der Waals surface area contributed by atoms with Crippen LogP contribution < -0.4 is 9.47 Å². The molecule has 3 rings (SSSR count). The van der Waals surface area contributed by atoms with Gasteiger partial charge in [0.2, 0.25) is 5.69 Å². The number of aryl methyl sites for hydroxylation is 1. The molecule has 1 aromatic heterocycles. The maximum atomic E-state index is 2.32. The number of benzene rings is 1. The highest BCUT2D eigenvalue weighted by molar-refractivity contribution is 5.61. The first-order valence-electron chi connectivity index (χ1n) is 7.35. The molecule has 1 aliphatic rings. The molecule has 2 heterocycles. The van der Waals surface area contributed by atoms with E-state index < -0.39 is 0 Å². The molecule has 3 heteroatoms. The molecule has 108 valence electrons. The molecule has 0 saturated carbocycles. The van der Waals surface area contributed by atoms with E-state index in [9.17, 15) is 0 Å². The van der Waals surface area contributed by atoms with Crippen LogP contribution in [0.5, 0.6) is 0 Å². The third-order valence-electron chi connectivity index (χ3n) is 4.33. The Kier molecular flexibility index (Phi) is 3.42.